The summed E-state index contributed by atoms with van der Waals surface area (Å²) < 4.78 is 101. The van der Waals surface area contributed by atoms with Crippen LogP contribution >= 0.6 is 0 Å². The summed E-state index contributed by atoms with van der Waals surface area (Å²) in [4.78, 5) is 37.1. The first-order chi connectivity index (χ1) is 21.6. The molecule has 0 unspecified atom stereocenters. The van der Waals surface area contributed by atoms with Crippen molar-refractivity contribution in [2.45, 2.75) is 24.0 Å². The van der Waals surface area contributed by atoms with E-state index in [9.17, 15) is 31.2 Å². The minimum absolute atomic E-state index is 0.107. The van der Waals surface area contributed by atoms with E-state index >= 15 is 8.78 Å². The van der Waals surface area contributed by atoms with Gasteiger partial charge < -0.3 is 9.80 Å². The molecule has 0 saturated carbocycles. The molecule has 1 aliphatic heterocycles. The smallest absolute Gasteiger partial charge is 0.350 e. The highest BCUT2D eigenvalue weighted by Crippen LogP contribution is 2.40. The zero-order chi connectivity index (χ0) is 33.7. The van der Waals surface area contributed by atoms with Gasteiger partial charge in [0.05, 0.1) is 22.2 Å². The van der Waals surface area contributed by atoms with Gasteiger partial charge in [-0.25, -0.2) is 35.8 Å². The van der Waals surface area contributed by atoms with Crippen LogP contribution in [0, 0.1) is 11.6 Å². The lowest BCUT2D eigenvalue weighted by Crippen LogP contribution is -2.54. The van der Waals surface area contributed by atoms with E-state index in [-0.39, 0.29) is 47.3 Å². The molecule has 2 aromatic heterocycles. The molecule has 1 saturated heterocycles. The predicted molar refractivity (Wildman–Crippen MR) is 160 cm³/mol. The summed E-state index contributed by atoms with van der Waals surface area (Å²) in [5.41, 5.74) is -5.57. The van der Waals surface area contributed by atoms with Crippen molar-refractivity contribution in [2.75, 3.05) is 38.6 Å². The molecule has 1 fully saturated rings. The number of rotatable bonds is 6. The maximum atomic E-state index is 15.9. The average molecular weight is 663 g/mol. The summed E-state index contributed by atoms with van der Waals surface area (Å²) in [6.45, 7) is 5.65. The Labute approximate surface area is 260 Å². The SMILES string of the molecule is C=CC(=O)N1CCN(c2nc(=O)n(-c3ccccc3S(=O)(=O)N(C)C)c3nc(-c4c(F)cccc4C(F)(F)F)c(F)cc23)[C@@H](C)C1. The third-order valence-electron chi connectivity index (χ3n) is 7.61. The monoisotopic (exact) mass is 662 g/mol. The van der Waals surface area contributed by atoms with Gasteiger partial charge in [-0.2, -0.15) is 18.2 Å². The first-order valence-corrected chi connectivity index (χ1v) is 15.2. The Morgan fingerprint density at radius 1 is 1.04 bits per heavy atom. The van der Waals surface area contributed by atoms with E-state index in [0.717, 1.165) is 27.1 Å². The first-order valence-electron chi connectivity index (χ1n) is 13.8. The van der Waals surface area contributed by atoms with Crippen molar-refractivity contribution >= 4 is 32.8 Å². The zero-order valence-electron chi connectivity index (χ0n) is 24.7. The number of hydrogen-bond donors (Lipinski definition) is 0. The Balaban J connectivity index is 1.87. The lowest BCUT2D eigenvalue weighted by Gasteiger charge is -2.40. The molecule has 1 amide bonds. The lowest BCUT2D eigenvalue weighted by atomic mass is 10.0. The van der Waals surface area contributed by atoms with Crippen molar-refractivity contribution < 1.29 is 35.2 Å². The van der Waals surface area contributed by atoms with Crippen molar-refractivity contribution in [3.63, 3.8) is 0 Å². The third-order valence-corrected chi connectivity index (χ3v) is 9.47. The number of alkyl halides is 3. The van der Waals surface area contributed by atoms with Crippen molar-refractivity contribution in [1.82, 2.24) is 23.7 Å². The molecule has 10 nitrogen and oxygen atoms in total. The number of sulfonamides is 1. The number of para-hydroxylation sites is 1. The van der Waals surface area contributed by atoms with E-state index in [0.29, 0.717) is 12.1 Å². The number of amides is 1. The van der Waals surface area contributed by atoms with E-state index < -0.39 is 62.0 Å². The summed E-state index contributed by atoms with van der Waals surface area (Å²) in [6.07, 6.45) is -3.96. The number of benzene rings is 2. The number of piperazine rings is 1. The number of aromatic nitrogens is 3. The van der Waals surface area contributed by atoms with Crippen LogP contribution < -0.4 is 10.6 Å². The highest BCUT2D eigenvalue weighted by Gasteiger charge is 2.37. The number of fused-ring (bicyclic) bond motifs is 1. The van der Waals surface area contributed by atoms with E-state index in [1.807, 2.05) is 0 Å². The molecule has 3 heterocycles. The third kappa shape index (κ3) is 5.62. The molecule has 0 N–H and O–H groups in total. The Morgan fingerprint density at radius 3 is 2.37 bits per heavy atom. The Hall–Kier alpha value is -4.70. The van der Waals surface area contributed by atoms with Gasteiger partial charge in [0.2, 0.25) is 15.9 Å². The number of carbonyl (C=O) groups is 1. The van der Waals surface area contributed by atoms with Crippen LogP contribution in [0.3, 0.4) is 0 Å². The molecule has 5 rings (SSSR count). The number of carbonyl (C=O) groups excluding carboxylic acids is 1. The second-order valence-corrected chi connectivity index (χ2v) is 12.8. The van der Waals surface area contributed by atoms with Crippen LogP contribution in [0.15, 0.2) is 70.9 Å². The molecule has 1 atom stereocenters. The van der Waals surface area contributed by atoms with Crippen LogP contribution in [0.2, 0.25) is 0 Å². The van der Waals surface area contributed by atoms with E-state index in [2.05, 4.69) is 16.5 Å². The van der Waals surface area contributed by atoms with Gasteiger partial charge >= 0.3 is 11.9 Å². The van der Waals surface area contributed by atoms with Crippen molar-refractivity contribution in [2.24, 2.45) is 0 Å². The maximum Gasteiger partial charge on any atom is 0.417 e. The lowest BCUT2D eigenvalue weighted by molar-refractivity contribution is -0.137. The van der Waals surface area contributed by atoms with Gasteiger partial charge in [0.1, 0.15) is 22.2 Å². The summed E-state index contributed by atoms with van der Waals surface area (Å²) in [5.74, 6) is -3.21. The standard InChI is InChI=1S/C30H27F5N6O4S/c1-5-24(42)39-13-14-40(17(2)16-39)27-18-15-21(32)26(25-19(30(33,34)35)9-8-10-20(25)31)36-28(18)41(29(43)37-27)22-11-6-7-12-23(22)46(44,45)38(3)4/h5-12,15,17H,1,13-14,16H2,2-4H3/t17-/m0/s1. The van der Waals surface area contributed by atoms with Gasteiger partial charge in [0, 0.05) is 39.8 Å². The van der Waals surface area contributed by atoms with Gasteiger partial charge in [-0.05, 0) is 43.3 Å². The second-order valence-electron chi connectivity index (χ2n) is 10.7. The van der Waals surface area contributed by atoms with Crippen LogP contribution in [-0.4, -0.2) is 77.8 Å². The fourth-order valence-electron chi connectivity index (χ4n) is 5.38. The number of halogens is 5. The van der Waals surface area contributed by atoms with E-state index in [1.54, 1.807) is 11.8 Å². The molecule has 0 bridgehead atoms. The van der Waals surface area contributed by atoms with Gasteiger partial charge in [0.25, 0.3) is 0 Å². The molecule has 242 valence electrons. The molecule has 2 aromatic carbocycles. The van der Waals surface area contributed by atoms with Crippen molar-refractivity contribution in [3.05, 3.63) is 88.9 Å². The Bertz CT molecular complexity index is 2050. The number of nitrogens with zero attached hydrogens (tertiary/aromatic N) is 6. The summed E-state index contributed by atoms with van der Waals surface area (Å²) >= 11 is 0. The molecule has 0 spiro atoms. The highest BCUT2D eigenvalue weighted by atomic mass is 32.2. The fraction of sp³-hybridized carbons (Fsp3) is 0.267. The average Bonchev–Trinajstić information content (AvgIpc) is 3.00. The van der Waals surface area contributed by atoms with Crippen LogP contribution in [0.1, 0.15) is 12.5 Å². The number of anilines is 1. The molecule has 0 aliphatic carbocycles. The van der Waals surface area contributed by atoms with Crippen LogP contribution in [0.25, 0.3) is 28.0 Å². The number of hydrogen-bond acceptors (Lipinski definition) is 7. The minimum Gasteiger partial charge on any atom is -0.350 e. The normalized spacial score (nSPS) is 15.9. The molecule has 1 aliphatic rings. The fourth-order valence-corrected chi connectivity index (χ4v) is 6.44. The van der Waals surface area contributed by atoms with Gasteiger partial charge in [-0.3, -0.25) is 4.79 Å². The summed E-state index contributed by atoms with van der Waals surface area (Å²) in [5, 5.41) is -0.168. The molecule has 46 heavy (non-hydrogen) atoms. The van der Waals surface area contributed by atoms with E-state index in [4.69, 9.17) is 0 Å². The Morgan fingerprint density at radius 2 is 1.74 bits per heavy atom. The highest BCUT2D eigenvalue weighted by molar-refractivity contribution is 7.89. The maximum absolute atomic E-state index is 15.9. The van der Waals surface area contributed by atoms with Gasteiger partial charge in [0.15, 0.2) is 11.5 Å². The van der Waals surface area contributed by atoms with Crippen molar-refractivity contribution in [1.29, 1.82) is 0 Å². The van der Waals surface area contributed by atoms with Crippen molar-refractivity contribution in [3.8, 4) is 16.9 Å². The second kappa shape index (κ2) is 11.9. The molecular weight excluding hydrogens is 635 g/mol. The topological polar surface area (TPSA) is 109 Å². The minimum atomic E-state index is -5.10. The molecular formula is C30H27F5N6O4S. The summed E-state index contributed by atoms with van der Waals surface area (Å²) in [6, 6.07) is 7.68. The van der Waals surface area contributed by atoms with Crippen LogP contribution in [0.5, 0.6) is 0 Å². The Kier molecular flexibility index (Phi) is 8.46. The largest absolute Gasteiger partial charge is 0.417 e. The van der Waals surface area contributed by atoms with Gasteiger partial charge in [-0.1, -0.05) is 24.8 Å². The van der Waals surface area contributed by atoms with E-state index in [1.165, 1.54) is 43.3 Å². The predicted octanol–water partition coefficient (Wildman–Crippen LogP) is 4.22. The molecule has 0 radical (unpaired) electrons. The van der Waals surface area contributed by atoms with Crippen LogP contribution in [-0.2, 0) is 21.0 Å². The molecule has 16 heteroatoms. The quantitative estimate of drug-likeness (QED) is 0.225. The summed E-state index contributed by atoms with van der Waals surface area (Å²) in [7, 11) is -1.70. The first kappa shape index (κ1) is 32.7. The molecule has 4 aromatic rings. The van der Waals surface area contributed by atoms with Gasteiger partial charge in [-0.15, -0.1) is 0 Å². The zero-order valence-corrected chi connectivity index (χ0v) is 25.5. The number of pyridine rings is 1. The van der Waals surface area contributed by atoms with Crippen LogP contribution in [0.4, 0.5) is 27.8 Å².